The minimum Gasteiger partial charge on any atom is -0.371 e. The molecule has 2 amide bonds. The van der Waals surface area contributed by atoms with Gasteiger partial charge in [-0.3, -0.25) is 0 Å². The van der Waals surface area contributed by atoms with Gasteiger partial charge < -0.3 is 19.9 Å². The lowest BCUT2D eigenvalue weighted by molar-refractivity contribution is -0.124. The molecule has 4 rings (SSSR count). The summed E-state index contributed by atoms with van der Waals surface area (Å²) in [5, 5.41) is 3.00. The number of nitrogens with one attached hydrogen (secondary N) is 1. The summed E-state index contributed by atoms with van der Waals surface area (Å²) < 4.78 is 6.20. The third kappa shape index (κ3) is 4.72. The molecular formula is C23H29N3O2. The van der Waals surface area contributed by atoms with E-state index in [2.05, 4.69) is 40.5 Å². The van der Waals surface area contributed by atoms with Crippen molar-refractivity contribution in [3.63, 3.8) is 0 Å². The highest BCUT2D eigenvalue weighted by Crippen LogP contribution is 2.30. The second-order valence-electron chi connectivity index (χ2n) is 7.83. The molecule has 0 atom stereocenters. The third-order valence-corrected chi connectivity index (χ3v) is 5.89. The predicted octanol–water partition coefficient (Wildman–Crippen LogP) is 3.63. The van der Waals surface area contributed by atoms with Gasteiger partial charge in [-0.05, 0) is 37.0 Å². The number of anilines is 1. The summed E-state index contributed by atoms with van der Waals surface area (Å²) in [4.78, 5) is 17.1. The van der Waals surface area contributed by atoms with Crippen LogP contribution in [0.3, 0.4) is 0 Å². The maximum Gasteiger partial charge on any atom is 0.322 e. The van der Waals surface area contributed by atoms with Gasteiger partial charge in [0.15, 0.2) is 0 Å². The molecule has 2 fully saturated rings. The van der Waals surface area contributed by atoms with E-state index >= 15 is 0 Å². The average Bonchev–Trinajstić information content (AvgIpc) is 2.75. The number of para-hydroxylation sites is 1. The van der Waals surface area contributed by atoms with Crippen LogP contribution in [0.2, 0.25) is 0 Å². The van der Waals surface area contributed by atoms with Crippen LogP contribution >= 0.6 is 0 Å². The van der Waals surface area contributed by atoms with E-state index in [4.69, 9.17) is 4.74 Å². The number of hydrogen-bond acceptors (Lipinski definition) is 3. The van der Waals surface area contributed by atoms with E-state index in [0.29, 0.717) is 19.7 Å². The normalized spacial score (nSPS) is 19.5. The van der Waals surface area contributed by atoms with Gasteiger partial charge in [0.05, 0.1) is 18.8 Å². The first-order valence-electron chi connectivity index (χ1n) is 10.2. The van der Waals surface area contributed by atoms with Crippen LogP contribution in [-0.2, 0) is 11.2 Å². The molecule has 0 saturated carbocycles. The minimum absolute atomic E-state index is 0.0274. The van der Waals surface area contributed by atoms with E-state index in [1.165, 1.54) is 5.56 Å². The Bertz CT molecular complexity index is 758. The van der Waals surface area contributed by atoms with Crippen molar-refractivity contribution < 1.29 is 9.53 Å². The topological polar surface area (TPSA) is 44.8 Å². The maximum atomic E-state index is 12.7. The number of carbonyl (C=O) groups excluding carboxylic acids is 1. The van der Waals surface area contributed by atoms with E-state index < -0.39 is 0 Å². The summed E-state index contributed by atoms with van der Waals surface area (Å²) >= 11 is 0. The summed E-state index contributed by atoms with van der Waals surface area (Å²) in [6.07, 6.45) is 3.05. The highest BCUT2D eigenvalue weighted by molar-refractivity contribution is 5.89. The van der Waals surface area contributed by atoms with E-state index in [-0.39, 0.29) is 11.6 Å². The van der Waals surface area contributed by atoms with Crippen molar-refractivity contribution in [1.29, 1.82) is 0 Å². The Labute approximate surface area is 167 Å². The van der Waals surface area contributed by atoms with Gasteiger partial charge >= 0.3 is 6.03 Å². The Kier molecular flexibility index (Phi) is 5.93. The number of nitrogens with zero attached hydrogens (tertiary/aromatic N) is 2. The summed E-state index contributed by atoms with van der Waals surface area (Å²) in [7, 11) is 0. The van der Waals surface area contributed by atoms with Crippen LogP contribution in [-0.4, -0.2) is 60.8 Å². The molecule has 5 heteroatoms. The number of piperidine rings is 1. The van der Waals surface area contributed by atoms with Crippen LogP contribution in [0, 0.1) is 0 Å². The first-order chi connectivity index (χ1) is 13.7. The molecule has 148 valence electrons. The van der Waals surface area contributed by atoms with E-state index in [1.54, 1.807) is 0 Å². The number of ether oxygens (including phenoxy) is 1. The van der Waals surface area contributed by atoms with Gasteiger partial charge in [-0.2, -0.15) is 0 Å². The fourth-order valence-corrected chi connectivity index (χ4v) is 4.16. The summed E-state index contributed by atoms with van der Waals surface area (Å²) in [5.74, 6) is 0. The molecule has 2 heterocycles. The number of likely N-dealkylation sites (tertiary alicyclic amines) is 1. The summed E-state index contributed by atoms with van der Waals surface area (Å²) in [6, 6.07) is 20.3. The number of carbonyl (C=O) groups is 1. The molecule has 0 aliphatic carbocycles. The van der Waals surface area contributed by atoms with Crippen LogP contribution in [0.1, 0.15) is 18.4 Å². The monoisotopic (exact) mass is 379 g/mol. The molecule has 1 N–H and O–H groups in total. The van der Waals surface area contributed by atoms with E-state index in [9.17, 15) is 4.79 Å². The van der Waals surface area contributed by atoms with Crippen molar-refractivity contribution in [3.8, 4) is 0 Å². The zero-order valence-electron chi connectivity index (χ0n) is 16.3. The maximum absolute atomic E-state index is 12.7. The van der Waals surface area contributed by atoms with E-state index in [0.717, 1.165) is 44.6 Å². The van der Waals surface area contributed by atoms with Crippen LogP contribution in [0.4, 0.5) is 10.5 Å². The molecule has 2 aromatic rings. The van der Waals surface area contributed by atoms with Crippen molar-refractivity contribution in [3.05, 3.63) is 66.2 Å². The number of benzene rings is 2. The van der Waals surface area contributed by atoms with Gasteiger partial charge in [0.25, 0.3) is 0 Å². The quantitative estimate of drug-likeness (QED) is 0.882. The Morgan fingerprint density at radius 3 is 2.36 bits per heavy atom. The molecule has 1 spiro atoms. The Hall–Kier alpha value is -2.37. The van der Waals surface area contributed by atoms with Crippen LogP contribution in [0.5, 0.6) is 0 Å². The number of rotatable bonds is 4. The molecule has 2 saturated heterocycles. The molecule has 2 aliphatic heterocycles. The highest BCUT2D eigenvalue weighted by Gasteiger charge is 2.40. The molecular weight excluding hydrogens is 350 g/mol. The van der Waals surface area contributed by atoms with Crippen molar-refractivity contribution in [2.75, 3.05) is 44.6 Å². The van der Waals surface area contributed by atoms with Crippen molar-refractivity contribution >= 4 is 11.7 Å². The Morgan fingerprint density at radius 1 is 0.964 bits per heavy atom. The second-order valence-corrected chi connectivity index (χ2v) is 7.83. The predicted molar refractivity (Wildman–Crippen MR) is 112 cm³/mol. The van der Waals surface area contributed by atoms with Crippen LogP contribution in [0.15, 0.2) is 60.7 Å². The third-order valence-electron chi connectivity index (χ3n) is 5.89. The van der Waals surface area contributed by atoms with Crippen LogP contribution in [0.25, 0.3) is 0 Å². The van der Waals surface area contributed by atoms with Crippen molar-refractivity contribution in [2.24, 2.45) is 0 Å². The zero-order valence-corrected chi connectivity index (χ0v) is 16.3. The fourth-order valence-electron chi connectivity index (χ4n) is 4.16. The molecule has 2 aliphatic rings. The Balaban J connectivity index is 1.28. The molecule has 0 radical (unpaired) electrons. The lowest BCUT2D eigenvalue weighted by atomic mass is 9.89. The fraction of sp³-hybridized carbons (Fsp3) is 0.435. The first kappa shape index (κ1) is 19.0. The zero-order chi connectivity index (χ0) is 19.2. The highest BCUT2D eigenvalue weighted by atomic mass is 16.5. The van der Waals surface area contributed by atoms with Gasteiger partial charge in [-0.25, -0.2) is 4.79 Å². The molecule has 5 nitrogen and oxygen atoms in total. The van der Waals surface area contributed by atoms with E-state index in [1.807, 2.05) is 35.2 Å². The minimum atomic E-state index is -0.185. The van der Waals surface area contributed by atoms with Gasteiger partial charge in [-0.1, -0.05) is 48.5 Å². The van der Waals surface area contributed by atoms with Gasteiger partial charge in [0, 0.05) is 31.9 Å². The lowest BCUT2D eigenvalue weighted by Crippen LogP contribution is -2.58. The SMILES string of the molecule is O=C(Nc1ccccc1)N1CCOC2(CCN(CCc3ccccc3)CC2)C1. The molecule has 2 aromatic carbocycles. The number of urea groups is 1. The Morgan fingerprint density at radius 2 is 1.64 bits per heavy atom. The van der Waals surface area contributed by atoms with Gasteiger partial charge in [0.1, 0.15) is 0 Å². The number of amides is 2. The molecule has 0 aromatic heterocycles. The molecule has 0 unspecified atom stereocenters. The molecule has 0 bridgehead atoms. The van der Waals surface area contributed by atoms with Crippen molar-refractivity contribution in [1.82, 2.24) is 9.80 Å². The first-order valence-corrected chi connectivity index (χ1v) is 10.2. The van der Waals surface area contributed by atoms with Gasteiger partial charge in [-0.15, -0.1) is 0 Å². The number of hydrogen-bond donors (Lipinski definition) is 1. The largest absolute Gasteiger partial charge is 0.371 e. The summed E-state index contributed by atoms with van der Waals surface area (Å²) in [6.45, 7) is 5.09. The second kappa shape index (κ2) is 8.76. The van der Waals surface area contributed by atoms with Gasteiger partial charge in [0.2, 0.25) is 0 Å². The van der Waals surface area contributed by atoms with Crippen LogP contribution < -0.4 is 5.32 Å². The number of morpholine rings is 1. The smallest absolute Gasteiger partial charge is 0.322 e. The average molecular weight is 380 g/mol. The molecule has 28 heavy (non-hydrogen) atoms. The summed E-state index contributed by atoms with van der Waals surface area (Å²) in [5.41, 5.74) is 2.04. The lowest BCUT2D eigenvalue weighted by Gasteiger charge is -2.47. The van der Waals surface area contributed by atoms with Crippen molar-refractivity contribution in [2.45, 2.75) is 24.9 Å². The standard InChI is InChI=1S/C23H29N3O2/c27-22(24-21-9-5-2-6-10-21)26-17-18-28-23(19-26)12-15-25(16-13-23)14-11-20-7-3-1-4-8-20/h1-10H,11-19H2,(H,24,27).